The number of carbonyl (C=O) groups excluding carboxylic acids is 1. The number of carbonyl (C=O) groups is 2. The molecular weight excluding hydrogens is 196 g/mol. The number of hydrogen-bond donors (Lipinski definition) is 1. The van der Waals surface area contributed by atoms with E-state index in [1.165, 1.54) is 7.11 Å². The molecule has 1 rings (SSSR count). The molecule has 0 radical (unpaired) electrons. The summed E-state index contributed by atoms with van der Waals surface area (Å²) in [5.41, 5.74) is -1.25. The SMILES string of the molecule is COC(=O)[C@]1(C)CC[C@H](C(=O)O)C1(C)C. The Morgan fingerprint density at radius 1 is 1.33 bits per heavy atom. The Kier molecular flexibility index (Phi) is 2.81. The molecule has 86 valence electrons. The second-order valence-electron chi connectivity index (χ2n) is 4.97. The highest BCUT2D eigenvalue weighted by atomic mass is 16.5. The van der Waals surface area contributed by atoms with E-state index < -0.39 is 22.7 Å². The lowest BCUT2D eigenvalue weighted by Crippen LogP contribution is -2.43. The number of aliphatic carboxylic acids is 1. The summed E-state index contributed by atoms with van der Waals surface area (Å²) in [6.45, 7) is 5.45. The maximum Gasteiger partial charge on any atom is 0.312 e. The number of methoxy groups -OCH3 is 1. The van der Waals surface area contributed by atoms with Crippen LogP contribution in [0, 0.1) is 16.7 Å². The van der Waals surface area contributed by atoms with Crippen LogP contribution < -0.4 is 0 Å². The first-order valence-electron chi connectivity index (χ1n) is 5.08. The predicted molar refractivity (Wildman–Crippen MR) is 54.3 cm³/mol. The van der Waals surface area contributed by atoms with Crippen LogP contribution in [-0.2, 0) is 14.3 Å². The smallest absolute Gasteiger partial charge is 0.312 e. The van der Waals surface area contributed by atoms with Gasteiger partial charge in [0.05, 0.1) is 18.4 Å². The van der Waals surface area contributed by atoms with Crippen molar-refractivity contribution in [1.29, 1.82) is 0 Å². The second-order valence-corrected chi connectivity index (χ2v) is 4.97. The molecule has 15 heavy (non-hydrogen) atoms. The van der Waals surface area contributed by atoms with Crippen LogP contribution in [0.5, 0.6) is 0 Å². The summed E-state index contributed by atoms with van der Waals surface area (Å²) in [4.78, 5) is 22.8. The lowest BCUT2D eigenvalue weighted by Gasteiger charge is -2.37. The van der Waals surface area contributed by atoms with E-state index in [-0.39, 0.29) is 5.97 Å². The van der Waals surface area contributed by atoms with Crippen molar-refractivity contribution < 1.29 is 19.4 Å². The number of esters is 1. The van der Waals surface area contributed by atoms with E-state index >= 15 is 0 Å². The minimum Gasteiger partial charge on any atom is -0.481 e. The van der Waals surface area contributed by atoms with Crippen molar-refractivity contribution >= 4 is 11.9 Å². The molecule has 0 aromatic heterocycles. The molecule has 0 unspecified atom stereocenters. The molecule has 0 heterocycles. The van der Waals surface area contributed by atoms with Gasteiger partial charge in [-0.05, 0) is 25.2 Å². The Balaban J connectivity index is 3.06. The van der Waals surface area contributed by atoms with Gasteiger partial charge < -0.3 is 9.84 Å². The van der Waals surface area contributed by atoms with Crippen LogP contribution in [0.15, 0.2) is 0 Å². The van der Waals surface area contributed by atoms with Gasteiger partial charge in [0.25, 0.3) is 0 Å². The zero-order valence-corrected chi connectivity index (χ0v) is 9.66. The Morgan fingerprint density at radius 3 is 2.20 bits per heavy atom. The quantitative estimate of drug-likeness (QED) is 0.710. The molecule has 1 aliphatic carbocycles. The molecule has 0 aromatic carbocycles. The van der Waals surface area contributed by atoms with Gasteiger partial charge in [-0.25, -0.2) is 0 Å². The molecule has 0 aromatic rings. The summed E-state index contributed by atoms with van der Waals surface area (Å²) in [6, 6.07) is 0. The van der Waals surface area contributed by atoms with E-state index in [1.807, 2.05) is 13.8 Å². The van der Waals surface area contributed by atoms with Gasteiger partial charge in [-0.3, -0.25) is 9.59 Å². The van der Waals surface area contributed by atoms with Crippen LogP contribution in [0.2, 0.25) is 0 Å². The number of carboxylic acid groups (broad SMARTS) is 1. The summed E-state index contributed by atoms with van der Waals surface area (Å²) in [6.07, 6.45) is 1.11. The maximum atomic E-state index is 11.7. The number of carboxylic acids is 1. The summed E-state index contributed by atoms with van der Waals surface area (Å²) in [7, 11) is 1.34. The number of hydrogen-bond acceptors (Lipinski definition) is 3. The van der Waals surface area contributed by atoms with Crippen molar-refractivity contribution in [2.45, 2.75) is 33.6 Å². The van der Waals surface area contributed by atoms with Crippen molar-refractivity contribution in [2.24, 2.45) is 16.7 Å². The fourth-order valence-corrected chi connectivity index (χ4v) is 2.52. The molecule has 4 nitrogen and oxygen atoms in total. The molecule has 0 bridgehead atoms. The highest BCUT2D eigenvalue weighted by Crippen LogP contribution is 2.56. The van der Waals surface area contributed by atoms with Crippen molar-refractivity contribution in [1.82, 2.24) is 0 Å². The Hall–Kier alpha value is -1.06. The van der Waals surface area contributed by atoms with Crippen molar-refractivity contribution in [3.63, 3.8) is 0 Å². The average molecular weight is 214 g/mol. The molecule has 1 N–H and O–H groups in total. The average Bonchev–Trinajstić information content (AvgIpc) is 2.38. The van der Waals surface area contributed by atoms with Gasteiger partial charge in [0.1, 0.15) is 0 Å². The minimum absolute atomic E-state index is 0.309. The van der Waals surface area contributed by atoms with Crippen LogP contribution in [-0.4, -0.2) is 24.2 Å². The zero-order valence-electron chi connectivity index (χ0n) is 9.66. The van der Waals surface area contributed by atoms with Gasteiger partial charge >= 0.3 is 11.9 Å². The van der Waals surface area contributed by atoms with Crippen LogP contribution in [0.4, 0.5) is 0 Å². The third-order valence-corrected chi connectivity index (χ3v) is 4.16. The first-order chi connectivity index (χ1) is 6.77. The maximum absolute atomic E-state index is 11.7. The summed E-state index contributed by atoms with van der Waals surface area (Å²) in [5, 5.41) is 9.08. The molecule has 1 aliphatic rings. The highest BCUT2D eigenvalue weighted by Gasteiger charge is 2.58. The first-order valence-corrected chi connectivity index (χ1v) is 5.08. The van der Waals surface area contributed by atoms with Crippen molar-refractivity contribution in [3.05, 3.63) is 0 Å². The molecular formula is C11H18O4. The summed E-state index contributed by atoms with van der Waals surface area (Å²) < 4.78 is 4.77. The van der Waals surface area contributed by atoms with Crippen LogP contribution in [0.1, 0.15) is 33.6 Å². The standard InChI is InChI=1S/C11H18O4/c1-10(2)7(8(12)13)5-6-11(10,3)9(14)15-4/h7H,5-6H2,1-4H3,(H,12,13)/t7-,11+/m1/s1. The van der Waals surface area contributed by atoms with Gasteiger partial charge in [-0.15, -0.1) is 0 Å². The molecule has 0 spiro atoms. The highest BCUT2D eigenvalue weighted by molar-refractivity contribution is 5.81. The van der Waals surface area contributed by atoms with Gasteiger partial charge in [0, 0.05) is 0 Å². The van der Waals surface area contributed by atoms with Gasteiger partial charge in [0.2, 0.25) is 0 Å². The van der Waals surface area contributed by atoms with Crippen LogP contribution >= 0.6 is 0 Å². The third-order valence-electron chi connectivity index (χ3n) is 4.16. The van der Waals surface area contributed by atoms with Crippen molar-refractivity contribution in [3.8, 4) is 0 Å². The largest absolute Gasteiger partial charge is 0.481 e. The predicted octanol–water partition coefficient (Wildman–Crippen LogP) is 1.69. The molecule has 1 saturated carbocycles. The third kappa shape index (κ3) is 1.52. The van der Waals surface area contributed by atoms with E-state index in [0.29, 0.717) is 12.8 Å². The molecule has 1 fully saturated rings. The topological polar surface area (TPSA) is 63.6 Å². The lowest BCUT2D eigenvalue weighted by atomic mass is 9.66. The van der Waals surface area contributed by atoms with E-state index in [1.54, 1.807) is 6.92 Å². The first kappa shape index (κ1) is 12.0. The Morgan fingerprint density at radius 2 is 1.87 bits per heavy atom. The van der Waals surface area contributed by atoms with E-state index in [0.717, 1.165) is 0 Å². The van der Waals surface area contributed by atoms with E-state index in [2.05, 4.69) is 0 Å². The van der Waals surface area contributed by atoms with Crippen LogP contribution in [0.3, 0.4) is 0 Å². The lowest BCUT2D eigenvalue weighted by molar-refractivity contribution is -0.160. The number of ether oxygens (including phenoxy) is 1. The normalized spacial score (nSPS) is 33.7. The summed E-state index contributed by atoms with van der Waals surface area (Å²) >= 11 is 0. The monoisotopic (exact) mass is 214 g/mol. The van der Waals surface area contributed by atoms with Gasteiger partial charge in [-0.1, -0.05) is 13.8 Å². The molecule has 4 heteroatoms. The van der Waals surface area contributed by atoms with Crippen LogP contribution in [0.25, 0.3) is 0 Å². The fraction of sp³-hybridized carbons (Fsp3) is 0.818. The molecule has 0 amide bonds. The Bertz CT molecular complexity index is 295. The van der Waals surface area contributed by atoms with Crippen molar-refractivity contribution in [2.75, 3.05) is 7.11 Å². The minimum atomic E-state index is -0.826. The van der Waals surface area contributed by atoms with Gasteiger partial charge in [-0.2, -0.15) is 0 Å². The zero-order chi connectivity index (χ0) is 11.9. The molecule has 2 atom stereocenters. The fourth-order valence-electron chi connectivity index (χ4n) is 2.52. The van der Waals surface area contributed by atoms with E-state index in [4.69, 9.17) is 9.84 Å². The molecule has 0 saturated heterocycles. The number of rotatable bonds is 2. The summed E-state index contributed by atoms with van der Waals surface area (Å²) in [5.74, 6) is -1.61. The Labute approximate surface area is 89.6 Å². The van der Waals surface area contributed by atoms with Gasteiger partial charge in [0.15, 0.2) is 0 Å². The second kappa shape index (κ2) is 3.51. The van der Waals surface area contributed by atoms with E-state index in [9.17, 15) is 9.59 Å². The molecule has 0 aliphatic heterocycles.